The molecule has 21 heavy (non-hydrogen) atoms. The van der Waals surface area contributed by atoms with Crippen LogP contribution in [0, 0.1) is 27.7 Å². The molecule has 0 bridgehead atoms. The monoisotopic (exact) mass is 282 g/mol. The first kappa shape index (κ1) is 21.2. The topological polar surface area (TPSA) is 0 Å². The molecule has 0 atom stereocenters. The minimum Gasteiger partial charge on any atom is -0.106 e. The van der Waals surface area contributed by atoms with Crippen molar-refractivity contribution in [3.8, 4) is 0 Å². The molecule has 0 fully saturated rings. The Morgan fingerprint density at radius 1 is 0.667 bits per heavy atom. The number of hydrogen-bond acceptors (Lipinski definition) is 0. The molecule has 0 aromatic heterocycles. The minimum absolute atomic E-state index is 1.33. The van der Waals surface area contributed by atoms with E-state index < -0.39 is 0 Å². The van der Waals surface area contributed by atoms with Gasteiger partial charge in [0.2, 0.25) is 0 Å². The Hall–Kier alpha value is -2.08. The van der Waals surface area contributed by atoms with Gasteiger partial charge in [-0.2, -0.15) is 0 Å². The molecule has 0 N–H and O–H groups in total. The molecule has 114 valence electrons. The van der Waals surface area contributed by atoms with E-state index in [1.54, 1.807) is 6.08 Å². The molecule has 0 nitrogen and oxygen atoms in total. The fourth-order valence-corrected chi connectivity index (χ4v) is 1.30. The van der Waals surface area contributed by atoms with E-state index in [9.17, 15) is 0 Å². The summed E-state index contributed by atoms with van der Waals surface area (Å²) in [6.07, 6.45) is 1.75. The summed E-state index contributed by atoms with van der Waals surface area (Å²) in [5.74, 6) is 0. The molecule has 0 heterocycles. The second kappa shape index (κ2) is 14.3. The van der Waals surface area contributed by atoms with Crippen LogP contribution < -0.4 is 0 Å². The van der Waals surface area contributed by atoms with Gasteiger partial charge in [0.25, 0.3) is 0 Å². The van der Waals surface area contributed by atoms with Gasteiger partial charge in [-0.1, -0.05) is 65.7 Å². The molecule has 0 saturated carbocycles. The van der Waals surface area contributed by atoms with Crippen molar-refractivity contribution in [2.24, 2.45) is 0 Å². The Morgan fingerprint density at radius 2 is 0.905 bits per heavy atom. The number of hydrogen-bond donors (Lipinski definition) is 0. The summed E-state index contributed by atoms with van der Waals surface area (Å²) >= 11 is 0. The molecular weight excluding hydrogens is 252 g/mol. The highest BCUT2D eigenvalue weighted by Crippen LogP contribution is 2.02. The normalized spacial score (nSPS) is 7.86. The van der Waals surface area contributed by atoms with E-state index in [-0.39, 0.29) is 0 Å². The molecule has 0 spiro atoms. The quantitative estimate of drug-likeness (QED) is 0.477. The van der Waals surface area contributed by atoms with Crippen LogP contribution in [-0.4, -0.2) is 0 Å². The predicted molar refractivity (Wildman–Crippen MR) is 99.0 cm³/mol. The predicted octanol–water partition coefficient (Wildman–Crippen LogP) is 6.60. The molecule has 2 rings (SSSR count). The van der Waals surface area contributed by atoms with Crippen LogP contribution in [0.5, 0.6) is 0 Å². The first-order valence-electron chi connectivity index (χ1n) is 7.13. The van der Waals surface area contributed by atoms with Gasteiger partial charge >= 0.3 is 0 Å². The van der Waals surface area contributed by atoms with Gasteiger partial charge in [-0.3, -0.25) is 0 Å². The van der Waals surface area contributed by atoms with Crippen molar-refractivity contribution < 1.29 is 0 Å². The summed E-state index contributed by atoms with van der Waals surface area (Å²) < 4.78 is 0. The summed E-state index contributed by atoms with van der Waals surface area (Å²) in [5.41, 5.74) is 5.39. The maximum Gasteiger partial charge on any atom is -0.0395 e. The smallest absolute Gasteiger partial charge is 0.0395 e. The van der Waals surface area contributed by atoms with Crippen LogP contribution in [0.2, 0.25) is 0 Å². The zero-order chi connectivity index (χ0) is 16.7. The van der Waals surface area contributed by atoms with E-state index in [0.29, 0.717) is 0 Å². The molecule has 2 aromatic carbocycles. The molecule has 0 aliphatic heterocycles. The fourth-order valence-electron chi connectivity index (χ4n) is 1.30. The molecule has 0 saturated heterocycles. The lowest BCUT2D eigenvalue weighted by atomic mass is 10.1. The third-order valence-electron chi connectivity index (χ3n) is 2.64. The van der Waals surface area contributed by atoms with Crippen molar-refractivity contribution in [2.45, 2.75) is 34.6 Å². The molecular formula is C21H30. The first-order valence-corrected chi connectivity index (χ1v) is 7.13. The maximum absolute atomic E-state index is 3.36. The second-order valence-electron chi connectivity index (χ2n) is 4.65. The Kier molecular flexibility index (Phi) is 14.5. The highest BCUT2D eigenvalue weighted by molar-refractivity contribution is 5.23. The van der Waals surface area contributed by atoms with Crippen molar-refractivity contribution in [2.75, 3.05) is 0 Å². The zero-order valence-electron chi connectivity index (χ0n) is 14.3. The van der Waals surface area contributed by atoms with Crippen LogP contribution in [0.1, 0.15) is 29.2 Å². The van der Waals surface area contributed by atoms with Crippen molar-refractivity contribution in [3.63, 3.8) is 0 Å². The Labute approximate surface area is 131 Å². The van der Waals surface area contributed by atoms with E-state index in [1.165, 1.54) is 22.3 Å². The Balaban J connectivity index is 0. The zero-order valence-corrected chi connectivity index (χ0v) is 14.3. The third-order valence-corrected chi connectivity index (χ3v) is 2.64. The molecule has 0 unspecified atom stereocenters. The average molecular weight is 282 g/mol. The van der Waals surface area contributed by atoms with Crippen molar-refractivity contribution in [3.05, 3.63) is 96.6 Å². The third kappa shape index (κ3) is 12.7. The number of allylic oxidation sites excluding steroid dienone is 1. The van der Waals surface area contributed by atoms with Crippen LogP contribution in [0.3, 0.4) is 0 Å². The number of aryl methyl sites for hydroxylation is 4. The molecule has 2 aromatic rings. The SMILES string of the molecule is C=C.C=CC.Cc1ccc(C)cc1.Cc1ccccc1C. The van der Waals surface area contributed by atoms with Gasteiger partial charge in [0.1, 0.15) is 0 Å². The van der Waals surface area contributed by atoms with E-state index in [4.69, 9.17) is 0 Å². The van der Waals surface area contributed by atoms with Gasteiger partial charge in [-0.25, -0.2) is 0 Å². The second-order valence-corrected chi connectivity index (χ2v) is 4.65. The summed E-state index contributed by atoms with van der Waals surface area (Å²) in [4.78, 5) is 0. The molecule has 0 amide bonds. The van der Waals surface area contributed by atoms with E-state index in [0.717, 1.165) is 0 Å². The Morgan fingerprint density at radius 3 is 1.10 bits per heavy atom. The van der Waals surface area contributed by atoms with E-state index in [1.807, 2.05) is 6.92 Å². The van der Waals surface area contributed by atoms with Gasteiger partial charge in [0, 0.05) is 0 Å². The van der Waals surface area contributed by atoms with Crippen LogP contribution in [-0.2, 0) is 0 Å². The summed E-state index contributed by atoms with van der Waals surface area (Å²) in [6, 6.07) is 16.8. The molecule has 0 aliphatic carbocycles. The molecule has 0 aliphatic rings. The first-order chi connectivity index (χ1) is 10.0. The van der Waals surface area contributed by atoms with Crippen LogP contribution in [0.15, 0.2) is 74.3 Å². The van der Waals surface area contributed by atoms with Gasteiger partial charge in [-0.05, 0) is 45.7 Å². The largest absolute Gasteiger partial charge is 0.106 e. The average Bonchev–Trinajstić information content (AvgIpc) is 2.49. The number of rotatable bonds is 0. The van der Waals surface area contributed by atoms with Crippen molar-refractivity contribution >= 4 is 0 Å². The van der Waals surface area contributed by atoms with Crippen LogP contribution in [0.25, 0.3) is 0 Å². The lowest BCUT2D eigenvalue weighted by Crippen LogP contribution is -1.74. The summed E-state index contributed by atoms with van der Waals surface area (Å²) in [6.45, 7) is 19.7. The van der Waals surface area contributed by atoms with Gasteiger partial charge < -0.3 is 0 Å². The van der Waals surface area contributed by atoms with Gasteiger partial charge in [0.15, 0.2) is 0 Å². The Bertz CT molecular complexity index is 436. The standard InChI is InChI=1S/2C8H10.C3H6.C2H4/c1-7-3-5-8(2)6-4-7;1-7-5-3-4-6-8(7)2;1-3-2;1-2/h2*3-6H,1-2H3;3H,1H2,2H3;1-2H2. The lowest BCUT2D eigenvalue weighted by molar-refractivity contribution is 1.34. The minimum atomic E-state index is 1.33. The lowest BCUT2D eigenvalue weighted by Gasteiger charge is -1.93. The van der Waals surface area contributed by atoms with Gasteiger partial charge in [0.05, 0.1) is 0 Å². The van der Waals surface area contributed by atoms with Gasteiger partial charge in [-0.15, -0.1) is 19.7 Å². The number of benzene rings is 2. The van der Waals surface area contributed by atoms with Crippen LogP contribution in [0.4, 0.5) is 0 Å². The summed E-state index contributed by atoms with van der Waals surface area (Å²) in [7, 11) is 0. The van der Waals surface area contributed by atoms with Crippen molar-refractivity contribution in [1.82, 2.24) is 0 Å². The van der Waals surface area contributed by atoms with E-state index >= 15 is 0 Å². The summed E-state index contributed by atoms with van der Waals surface area (Å²) in [5, 5.41) is 0. The van der Waals surface area contributed by atoms with Crippen LogP contribution >= 0.6 is 0 Å². The van der Waals surface area contributed by atoms with E-state index in [2.05, 4.69) is 96.0 Å². The molecule has 0 heteroatoms. The van der Waals surface area contributed by atoms with Crippen molar-refractivity contribution in [1.29, 1.82) is 0 Å². The highest BCUT2D eigenvalue weighted by Gasteiger charge is 1.83. The molecule has 0 radical (unpaired) electrons. The maximum atomic E-state index is 3.36. The fraction of sp³-hybridized carbons (Fsp3) is 0.238. The highest BCUT2D eigenvalue weighted by atomic mass is 13.9.